The van der Waals surface area contributed by atoms with Gasteiger partial charge in [-0.15, -0.1) is 0 Å². The first-order valence-corrected chi connectivity index (χ1v) is 14.7. The number of nitrogens with zero attached hydrogens (tertiary/aromatic N) is 1. The summed E-state index contributed by atoms with van der Waals surface area (Å²) < 4.78 is 15.2. The number of benzene rings is 2. The Balaban J connectivity index is 1.29. The van der Waals surface area contributed by atoms with Gasteiger partial charge in [0.1, 0.15) is 5.82 Å². The standard InChI is InChI=1S/C33H48FNO/c1-4-5-6-7-25-8-12-27(13-9-25)28-16-18-29(19-17-28)31-20-21-32(33(34)24-31)30-14-10-26(11-15-30)22-23-35(2)36-3/h16-21,24-27,30H,4-15,22-23H2,1-3H3. The van der Waals surface area contributed by atoms with E-state index in [1.807, 2.05) is 12.1 Å². The molecule has 2 aliphatic rings. The van der Waals surface area contributed by atoms with Crippen molar-refractivity contribution in [3.05, 3.63) is 59.4 Å². The largest absolute Gasteiger partial charge is 0.303 e. The van der Waals surface area contributed by atoms with E-state index < -0.39 is 0 Å². The van der Waals surface area contributed by atoms with Crippen molar-refractivity contribution < 1.29 is 9.23 Å². The molecule has 0 amide bonds. The van der Waals surface area contributed by atoms with Crippen molar-refractivity contribution in [3.63, 3.8) is 0 Å². The summed E-state index contributed by atoms with van der Waals surface area (Å²) in [7, 11) is 3.70. The number of hydrogen-bond acceptors (Lipinski definition) is 2. The van der Waals surface area contributed by atoms with Gasteiger partial charge in [0.25, 0.3) is 0 Å². The molecule has 4 rings (SSSR count). The van der Waals surface area contributed by atoms with E-state index in [0.29, 0.717) is 11.8 Å². The van der Waals surface area contributed by atoms with Crippen molar-refractivity contribution in [2.24, 2.45) is 11.8 Å². The maximum atomic E-state index is 15.2. The van der Waals surface area contributed by atoms with Crippen LogP contribution >= 0.6 is 0 Å². The van der Waals surface area contributed by atoms with E-state index >= 15 is 4.39 Å². The molecule has 3 heteroatoms. The molecule has 36 heavy (non-hydrogen) atoms. The first-order chi connectivity index (χ1) is 17.6. The fourth-order valence-corrected chi connectivity index (χ4v) is 6.67. The topological polar surface area (TPSA) is 12.5 Å². The van der Waals surface area contributed by atoms with E-state index in [-0.39, 0.29) is 5.82 Å². The van der Waals surface area contributed by atoms with Crippen LogP contribution in [0.25, 0.3) is 11.1 Å². The van der Waals surface area contributed by atoms with Crippen LogP contribution in [0.15, 0.2) is 42.5 Å². The summed E-state index contributed by atoms with van der Waals surface area (Å²) in [5.74, 6) is 2.71. The summed E-state index contributed by atoms with van der Waals surface area (Å²) in [6.45, 7) is 3.26. The molecule has 0 N–H and O–H groups in total. The summed E-state index contributed by atoms with van der Waals surface area (Å²) in [4.78, 5) is 5.23. The average Bonchev–Trinajstić information content (AvgIpc) is 2.92. The molecule has 0 radical (unpaired) electrons. The summed E-state index contributed by atoms with van der Waals surface area (Å²) in [5.41, 5.74) is 4.51. The Labute approximate surface area is 219 Å². The van der Waals surface area contributed by atoms with Crippen molar-refractivity contribution in [2.75, 3.05) is 20.7 Å². The van der Waals surface area contributed by atoms with Crippen LogP contribution in [0, 0.1) is 17.7 Å². The molecule has 2 nitrogen and oxygen atoms in total. The highest BCUT2D eigenvalue weighted by atomic mass is 19.1. The number of halogens is 1. The van der Waals surface area contributed by atoms with E-state index in [1.165, 1.54) is 69.8 Å². The molecule has 2 aromatic carbocycles. The predicted molar refractivity (Wildman–Crippen MR) is 150 cm³/mol. The van der Waals surface area contributed by atoms with Crippen molar-refractivity contribution in [1.29, 1.82) is 0 Å². The zero-order valence-corrected chi connectivity index (χ0v) is 23.0. The molecule has 0 unspecified atom stereocenters. The second-order valence-electron chi connectivity index (χ2n) is 11.6. The van der Waals surface area contributed by atoms with Crippen LogP contribution < -0.4 is 0 Å². The number of hydrogen-bond donors (Lipinski definition) is 0. The summed E-state index contributed by atoms with van der Waals surface area (Å²) in [6, 6.07) is 15.0. The highest BCUT2D eigenvalue weighted by molar-refractivity contribution is 5.64. The van der Waals surface area contributed by atoms with Gasteiger partial charge in [0.2, 0.25) is 0 Å². The fourth-order valence-electron chi connectivity index (χ4n) is 6.67. The van der Waals surface area contributed by atoms with Crippen LogP contribution in [0.5, 0.6) is 0 Å². The predicted octanol–water partition coefficient (Wildman–Crippen LogP) is 9.50. The molecule has 0 saturated heterocycles. The molecule has 0 spiro atoms. The van der Waals surface area contributed by atoms with E-state index in [1.54, 1.807) is 13.2 Å². The Morgan fingerprint density at radius 3 is 2.00 bits per heavy atom. The van der Waals surface area contributed by atoms with Crippen molar-refractivity contribution in [1.82, 2.24) is 5.06 Å². The van der Waals surface area contributed by atoms with Gasteiger partial charge >= 0.3 is 0 Å². The third kappa shape index (κ3) is 7.42. The minimum absolute atomic E-state index is 0.0273. The third-order valence-corrected chi connectivity index (χ3v) is 9.23. The van der Waals surface area contributed by atoms with Gasteiger partial charge in [0.15, 0.2) is 0 Å². The van der Waals surface area contributed by atoms with Crippen molar-refractivity contribution in [2.45, 2.75) is 102 Å². The lowest BCUT2D eigenvalue weighted by molar-refractivity contribution is -0.112. The Hall–Kier alpha value is -1.71. The van der Waals surface area contributed by atoms with E-state index in [2.05, 4.69) is 43.3 Å². The molecule has 0 bridgehead atoms. The van der Waals surface area contributed by atoms with E-state index in [0.717, 1.165) is 54.3 Å². The Kier molecular flexibility index (Phi) is 10.4. The van der Waals surface area contributed by atoms with Gasteiger partial charge in [-0.2, -0.15) is 5.06 Å². The SMILES string of the molecule is CCCCCC1CCC(c2ccc(-c3ccc(C4CCC(CCN(C)OC)CC4)c(F)c3)cc2)CC1. The van der Waals surface area contributed by atoms with E-state index in [4.69, 9.17) is 4.84 Å². The second-order valence-corrected chi connectivity index (χ2v) is 11.6. The molecule has 2 aromatic rings. The normalized spacial score (nSPS) is 24.8. The van der Waals surface area contributed by atoms with Gasteiger partial charge in [0.05, 0.1) is 7.11 Å². The minimum atomic E-state index is -0.0273. The molecule has 2 saturated carbocycles. The monoisotopic (exact) mass is 493 g/mol. The molecular weight excluding hydrogens is 445 g/mol. The van der Waals surface area contributed by atoms with Gasteiger partial charge < -0.3 is 4.84 Å². The molecule has 0 aromatic heterocycles. The maximum Gasteiger partial charge on any atom is 0.127 e. The summed E-state index contributed by atoms with van der Waals surface area (Å²) in [6.07, 6.45) is 16.7. The lowest BCUT2D eigenvalue weighted by Gasteiger charge is -2.30. The lowest BCUT2D eigenvalue weighted by Crippen LogP contribution is -2.22. The van der Waals surface area contributed by atoms with Crippen LogP contribution in [-0.4, -0.2) is 25.8 Å². The van der Waals surface area contributed by atoms with Crippen molar-refractivity contribution >= 4 is 0 Å². The van der Waals surface area contributed by atoms with E-state index in [9.17, 15) is 0 Å². The molecule has 0 aliphatic heterocycles. The molecule has 198 valence electrons. The summed E-state index contributed by atoms with van der Waals surface area (Å²) in [5, 5.41) is 1.90. The molecule has 2 aliphatic carbocycles. The molecule has 0 heterocycles. The second kappa shape index (κ2) is 13.7. The van der Waals surface area contributed by atoms with Crippen LogP contribution in [0.4, 0.5) is 4.39 Å². The maximum absolute atomic E-state index is 15.2. The molecular formula is C33H48FNO. The van der Waals surface area contributed by atoms with Crippen LogP contribution in [0.2, 0.25) is 0 Å². The van der Waals surface area contributed by atoms with Crippen LogP contribution in [0.3, 0.4) is 0 Å². The van der Waals surface area contributed by atoms with Gasteiger partial charge in [-0.05, 0) is 110 Å². The number of hydroxylamine groups is 2. The van der Waals surface area contributed by atoms with Crippen molar-refractivity contribution in [3.8, 4) is 11.1 Å². The molecule has 0 atom stereocenters. The Bertz CT molecular complexity index is 910. The zero-order chi connectivity index (χ0) is 25.3. The van der Waals surface area contributed by atoms with Crippen LogP contribution in [0.1, 0.15) is 113 Å². The Morgan fingerprint density at radius 2 is 1.39 bits per heavy atom. The van der Waals surface area contributed by atoms with Gasteiger partial charge in [-0.3, -0.25) is 0 Å². The smallest absolute Gasteiger partial charge is 0.127 e. The number of unbranched alkanes of at least 4 members (excludes halogenated alkanes) is 2. The van der Waals surface area contributed by atoms with Crippen LogP contribution in [-0.2, 0) is 4.84 Å². The highest BCUT2D eigenvalue weighted by Gasteiger charge is 2.25. The zero-order valence-electron chi connectivity index (χ0n) is 23.0. The highest BCUT2D eigenvalue weighted by Crippen LogP contribution is 2.40. The lowest BCUT2D eigenvalue weighted by atomic mass is 9.76. The quantitative estimate of drug-likeness (QED) is 0.228. The third-order valence-electron chi connectivity index (χ3n) is 9.23. The Morgan fingerprint density at radius 1 is 0.778 bits per heavy atom. The molecule has 2 fully saturated rings. The average molecular weight is 494 g/mol. The number of rotatable bonds is 11. The summed E-state index contributed by atoms with van der Waals surface area (Å²) >= 11 is 0. The fraction of sp³-hybridized carbons (Fsp3) is 0.636. The first kappa shape index (κ1) is 27.3. The minimum Gasteiger partial charge on any atom is -0.303 e. The van der Waals surface area contributed by atoms with Gasteiger partial charge in [-0.1, -0.05) is 69.0 Å². The van der Waals surface area contributed by atoms with Gasteiger partial charge in [0, 0.05) is 13.6 Å². The van der Waals surface area contributed by atoms with Gasteiger partial charge in [-0.25, -0.2) is 4.39 Å². The first-order valence-electron chi connectivity index (χ1n) is 14.7.